The highest BCUT2D eigenvalue weighted by molar-refractivity contribution is 5.68. The van der Waals surface area contributed by atoms with Gasteiger partial charge in [0, 0.05) is 25.7 Å². The fourth-order valence-electron chi connectivity index (χ4n) is 3.75. The van der Waals surface area contributed by atoms with E-state index in [-0.39, 0.29) is 6.09 Å². The zero-order valence-corrected chi connectivity index (χ0v) is 15.0. The van der Waals surface area contributed by atoms with E-state index in [0.29, 0.717) is 24.5 Å². The van der Waals surface area contributed by atoms with Crippen LogP contribution in [-0.2, 0) is 4.74 Å². The number of likely N-dealkylation sites (tertiary alicyclic amines) is 1. The van der Waals surface area contributed by atoms with Crippen LogP contribution in [0.2, 0.25) is 0 Å². The van der Waals surface area contributed by atoms with Crippen molar-refractivity contribution < 1.29 is 14.6 Å². The smallest absolute Gasteiger partial charge is 0.410 e. The van der Waals surface area contributed by atoms with Crippen LogP contribution < -0.4 is 5.32 Å². The number of amides is 1. The van der Waals surface area contributed by atoms with Gasteiger partial charge in [0.2, 0.25) is 0 Å². The van der Waals surface area contributed by atoms with Crippen LogP contribution in [0.4, 0.5) is 4.79 Å². The van der Waals surface area contributed by atoms with Gasteiger partial charge < -0.3 is 20.1 Å². The molecule has 134 valence electrons. The molecule has 2 fully saturated rings. The maximum Gasteiger partial charge on any atom is 0.410 e. The summed E-state index contributed by atoms with van der Waals surface area (Å²) in [4.78, 5) is 14.0. The lowest BCUT2D eigenvalue weighted by molar-refractivity contribution is 0.0256. The van der Waals surface area contributed by atoms with Gasteiger partial charge in [-0.3, -0.25) is 0 Å². The molecule has 1 amide bonds. The van der Waals surface area contributed by atoms with E-state index < -0.39 is 5.60 Å². The highest BCUT2D eigenvalue weighted by Gasteiger charge is 2.28. The third-order valence-electron chi connectivity index (χ3n) is 5.10. The SMILES string of the molecule is CC(C)(C)OC(=O)N1CCCC(NCC2CCCC2CO)CC1. The zero-order chi connectivity index (χ0) is 16.9. The average Bonchev–Trinajstić information content (AvgIpc) is 2.79. The molecular formula is C18H34N2O3. The van der Waals surface area contributed by atoms with Crippen molar-refractivity contribution in [2.24, 2.45) is 11.8 Å². The summed E-state index contributed by atoms with van der Waals surface area (Å²) in [5.74, 6) is 1.09. The first-order valence-corrected chi connectivity index (χ1v) is 9.21. The van der Waals surface area contributed by atoms with Gasteiger partial charge in [0.25, 0.3) is 0 Å². The molecule has 3 atom stereocenters. The van der Waals surface area contributed by atoms with Crippen LogP contribution in [-0.4, -0.2) is 54.0 Å². The molecule has 2 aliphatic rings. The normalized spacial score (nSPS) is 29.4. The standard InChI is InChI=1S/C18H34N2O3/c1-18(2,3)23-17(22)20-10-5-8-16(9-11-20)19-12-14-6-4-7-15(14)13-21/h14-16,19,21H,4-13H2,1-3H3. The molecule has 1 aliphatic carbocycles. The number of rotatable bonds is 4. The Labute approximate surface area is 140 Å². The fraction of sp³-hybridized carbons (Fsp3) is 0.944. The largest absolute Gasteiger partial charge is 0.444 e. The van der Waals surface area contributed by atoms with E-state index in [1.54, 1.807) is 0 Å². The van der Waals surface area contributed by atoms with Gasteiger partial charge >= 0.3 is 6.09 Å². The van der Waals surface area contributed by atoms with Crippen LogP contribution in [0, 0.1) is 11.8 Å². The van der Waals surface area contributed by atoms with Crippen molar-refractivity contribution in [3.8, 4) is 0 Å². The van der Waals surface area contributed by atoms with E-state index >= 15 is 0 Å². The zero-order valence-electron chi connectivity index (χ0n) is 15.0. The predicted octanol–water partition coefficient (Wildman–Crippen LogP) is 2.77. The molecule has 23 heavy (non-hydrogen) atoms. The molecule has 0 aromatic carbocycles. The van der Waals surface area contributed by atoms with Crippen LogP contribution in [0.3, 0.4) is 0 Å². The lowest BCUT2D eigenvalue weighted by atomic mass is 9.96. The molecule has 5 heteroatoms. The van der Waals surface area contributed by atoms with Gasteiger partial charge in [-0.15, -0.1) is 0 Å². The number of hydrogen-bond donors (Lipinski definition) is 2. The van der Waals surface area contributed by atoms with Crippen molar-refractivity contribution in [1.82, 2.24) is 10.2 Å². The Morgan fingerprint density at radius 1 is 1.13 bits per heavy atom. The minimum Gasteiger partial charge on any atom is -0.444 e. The van der Waals surface area contributed by atoms with E-state index in [2.05, 4.69) is 5.32 Å². The van der Waals surface area contributed by atoms with Gasteiger partial charge in [-0.05, 0) is 71.3 Å². The van der Waals surface area contributed by atoms with Crippen molar-refractivity contribution in [2.75, 3.05) is 26.2 Å². The molecule has 1 saturated heterocycles. The Kier molecular flexibility index (Phi) is 6.72. The summed E-state index contributed by atoms with van der Waals surface area (Å²) in [6.07, 6.45) is 6.56. The maximum atomic E-state index is 12.2. The van der Waals surface area contributed by atoms with Crippen molar-refractivity contribution >= 4 is 6.09 Å². The van der Waals surface area contributed by atoms with Gasteiger partial charge in [-0.1, -0.05) is 6.42 Å². The first-order chi connectivity index (χ1) is 10.9. The topological polar surface area (TPSA) is 61.8 Å². The first-order valence-electron chi connectivity index (χ1n) is 9.21. The molecule has 2 rings (SSSR count). The lowest BCUT2D eigenvalue weighted by Gasteiger charge is -2.26. The number of carbonyl (C=O) groups excluding carboxylic acids is 1. The van der Waals surface area contributed by atoms with E-state index in [1.807, 2.05) is 25.7 Å². The molecule has 1 heterocycles. The molecule has 5 nitrogen and oxygen atoms in total. The Balaban J connectivity index is 1.74. The third-order valence-corrected chi connectivity index (χ3v) is 5.10. The summed E-state index contributed by atoms with van der Waals surface area (Å²) >= 11 is 0. The van der Waals surface area contributed by atoms with E-state index in [4.69, 9.17) is 4.74 Å². The predicted molar refractivity (Wildman–Crippen MR) is 91.4 cm³/mol. The monoisotopic (exact) mass is 326 g/mol. The van der Waals surface area contributed by atoms with Crippen LogP contribution in [0.25, 0.3) is 0 Å². The van der Waals surface area contributed by atoms with Crippen LogP contribution in [0.1, 0.15) is 59.3 Å². The summed E-state index contributed by atoms with van der Waals surface area (Å²) in [5.41, 5.74) is -0.428. The molecule has 0 spiro atoms. The maximum absolute atomic E-state index is 12.2. The molecule has 3 unspecified atom stereocenters. The van der Waals surface area contributed by atoms with Crippen LogP contribution >= 0.6 is 0 Å². The second kappa shape index (κ2) is 8.34. The Morgan fingerprint density at radius 3 is 2.57 bits per heavy atom. The number of carbonyl (C=O) groups is 1. The van der Waals surface area contributed by atoms with Gasteiger partial charge in [0.05, 0.1) is 0 Å². The van der Waals surface area contributed by atoms with Crippen molar-refractivity contribution in [3.05, 3.63) is 0 Å². The van der Waals surface area contributed by atoms with Crippen molar-refractivity contribution in [1.29, 1.82) is 0 Å². The van der Waals surface area contributed by atoms with Crippen molar-refractivity contribution in [2.45, 2.75) is 70.9 Å². The van der Waals surface area contributed by atoms with Gasteiger partial charge in [0.1, 0.15) is 5.60 Å². The Hall–Kier alpha value is -0.810. The number of nitrogens with zero attached hydrogens (tertiary/aromatic N) is 1. The van der Waals surface area contributed by atoms with E-state index in [9.17, 15) is 9.90 Å². The fourth-order valence-corrected chi connectivity index (χ4v) is 3.75. The molecule has 0 bridgehead atoms. The molecule has 1 saturated carbocycles. The molecule has 0 radical (unpaired) electrons. The van der Waals surface area contributed by atoms with E-state index in [1.165, 1.54) is 19.3 Å². The second-order valence-electron chi connectivity index (χ2n) is 8.14. The first kappa shape index (κ1) is 18.5. The molecule has 0 aromatic heterocycles. The Morgan fingerprint density at radius 2 is 1.87 bits per heavy atom. The second-order valence-corrected chi connectivity index (χ2v) is 8.14. The number of hydrogen-bond acceptors (Lipinski definition) is 4. The average molecular weight is 326 g/mol. The molecule has 1 aliphatic heterocycles. The summed E-state index contributed by atoms with van der Waals surface area (Å²) in [6.45, 7) is 8.60. The highest BCUT2D eigenvalue weighted by Crippen LogP contribution is 2.31. The van der Waals surface area contributed by atoms with E-state index in [0.717, 1.165) is 38.9 Å². The highest BCUT2D eigenvalue weighted by atomic mass is 16.6. The number of ether oxygens (including phenoxy) is 1. The quantitative estimate of drug-likeness (QED) is 0.834. The molecule has 2 N–H and O–H groups in total. The summed E-state index contributed by atoms with van der Waals surface area (Å²) in [5, 5.41) is 13.1. The van der Waals surface area contributed by atoms with Gasteiger partial charge in [-0.25, -0.2) is 4.79 Å². The molecule has 0 aromatic rings. The third kappa shape index (κ3) is 5.96. The lowest BCUT2D eigenvalue weighted by Crippen LogP contribution is -2.39. The minimum absolute atomic E-state index is 0.186. The number of aliphatic hydroxyl groups excluding tert-OH is 1. The van der Waals surface area contributed by atoms with Gasteiger partial charge in [-0.2, -0.15) is 0 Å². The summed E-state index contributed by atoms with van der Waals surface area (Å²) in [7, 11) is 0. The minimum atomic E-state index is -0.428. The molecular weight excluding hydrogens is 292 g/mol. The number of nitrogens with one attached hydrogen (secondary N) is 1. The van der Waals surface area contributed by atoms with Crippen molar-refractivity contribution in [3.63, 3.8) is 0 Å². The summed E-state index contributed by atoms with van der Waals surface area (Å²) < 4.78 is 5.48. The summed E-state index contributed by atoms with van der Waals surface area (Å²) in [6, 6.07) is 0.474. The van der Waals surface area contributed by atoms with Crippen LogP contribution in [0.15, 0.2) is 0 Å². The van der Waals surface area contributed by atoms with Crippen LogP contribution in [0.5, 0.6) is 0 Å². The number of aliphatic hydroxyl groups is 1. The van der Waals surface area contributed by atoms with Gasteiger partial charge in [0.15, 0.2) is 0 Å². The Bertz CT molecular complexity index is 381.